The van der Waals surface area contributed by atoms with Gasteiger partial charge in [0.05, 0.1) is 5.02 Å². The van der Waals surface area contributed by atoms with Crippen LogP contribution in [0.1, 0.15) is 22.3 Å². The maximum absolute atomic E-state index is 6.40. The monoisotopic (exact) mass is 419 g/mol. The molecule has 0 aliphatic carbocycles. The first-order valence-corrected chi connectivity index (χ1v) is 9.72. The minimum Gasteiger partial charge on any atom is -0.487 e. The highest BCUT2D eigenvalue weighted by atomic mass is 35.5. The Morgan fingerprint density at radius 2 is 1.59 bits per heavy atom. The second-order valence-corrected chi connectivity index (χ2v) is 7.74. The number of hydrogen-bond acceptors (Lipinski definition) is 2. The quantitative estimate of drug-likeness (QED) is 0.447. The molecule has 27 heavy (non-hydrogen) atoms. The van der Waals surface area contributed by atoms with Crippen molar-refractivity contribution in [1.82, 2.24) is 0 Å². The van der Waals surface area contributed by atoms with Crippen LogP contribution < -0.4 is 10.1 Å². The van der Waals surface area contributed by atoms with Crippen LogP contribution in [0.3, 0.4) is 0 Å². The minimum absolute atomic E-state index is 0.398. The van der Waals surface area contributed by atoms with Gasteiger partial charge in [0.25, 0.3) is 0 Å². The first-order chi connectivity index (χ1) is 12.9. The third-order valence-corrected chi connectivity index (χ3v) is 4.98. The predicted octanol–water partition coefficient (Wildman–Crippen LogP) is 7.45. The van der Waals surface area contributed by atoms with Gasteiger partial charge in [-0.3, -0.25) is 0 Å². The van der Waals surface area contributed by atoms with Gasteiger partial charge in [0.2, 0.25) is 0 Å². The van der Waals surface area contributed by atoms with E-state index >= 15 is 0 Å². The molecule has 3 aromatic carbocycles. The van der Waals surface area contributed by atoms with Gasteiger partial charge in [-0.2, -0.15) is 0 Å². The van der Waals surface area contributed by atoms with Gasteiger partial charge in [0.1, 0.15) is 12.4 Å². The highest BCUT2D eigenvalue weighted by Gasteiger charge is 2.12. The number of nitrogens with one attached hydrogen (secondary N) is 1. The standard InChI is InChI=1S/C22H20Cl3NO/c1-14-3-8-21(15(2)9-14)26-12-17-10-19(24)11-20(25)22(17)27-13-16-4-6-18(23)7-5-16/h3-11,26H,12-13H2,1-2H3. The van der Waals surface area contributed by atoms with Crippen molar-refractivity contribution < 1.29 is 4.74 Å². The van der Waals surface area contributed by atoms with Crippen molar-refractivity contribution in [3.05, 3.63) is 91.9 Å². The van der Waals surface area contributed by atoms with Crippen molar-refractivity contribution in [2.45, 2.75) is 27.0 Å². The molecule has 0 aliphatic heterocycles. The molecule has 0 saturated carbocycles. The van der Waals surface area contributed by atoms with Crippen LogP contribution in [0.4, 0.5) is 5.69 Å². The lowest BCUT2D eigenvalue weighted by Gasteiger charge is -2.16. The van der Waals surface area contributed by atoms with Crippen molar-refractivity contribution in [1.29, 1.82) is 0 Å². The lowest BCUT2D eigenvalue weighted by molar-refractivity contribution is 0.303. The van der Waals surface area contributed by atoms with E-state index in [0.29, 0.717) is 34.0 Å². The topological polar surface area (TPSA) is 21.3 Å². The molecular weight excluding hydrogens is 401 g/mol. The van der Waals surface area contributed by atoms with Crippen LogP contribution in [0, 0.1) is 13.8 Å². The highest BCUT2D eigenvalue weighted by molar-refractivity contribution is 6.35. The molecule has 0 bridgehead atoms. The Hall–Kier alpha value is -1.87. The van der Waals surface area contributed by atoms with Crippen LogP contribution in [0.2, 0.25) is 15.1 Å². The number of hydrogen-bond donors (Lipinski definition) is 1. The van der Waals surface area contributed by atoms with Crippen molar-refractivity contribution >= 4 is 40.5 Å². The van der Waals surface area contributed by atoms with E-state index in [-0.39, 0.29) is 0 Å². The lowest BCUT2D eigenvalue weighted by Crippen LogP contribution is -2.05. The third kappa shape index (κ3) is 5.32. The molecule has 3 rings (SSSR count). The second kappa shape index (κ2) is 8.88. The van der Waals surface area contributed by atoms with Gasteiger partial charge in [-0.15, -0.1) is 0 Å². The molecule has 3 aromatic rings. The highest BCUT2D eigenvalue weighted by Crippen LogP contribution is 2.34. The fourth-order valence-electron chi connectivity index (χ4n) is 2.85. The molecule has 0 atom stereocenters. The maximum atomic E-state index is 6.40. The van der Waals surface area contributed by atoms with E-state index in [2.05, 4.69) is 37.4 Å². The average Bonchev–Trinajstić information content (AvgIpc) is 2.61. The number of anilines is 1. The Balaban J connectivity index is 1.78. The Morgan fingerprint density at radius 1 is 0.852 bits per heavy atom. The fourth-order valence-corrected chi connectivity index (χ4v) is 3.56. The molecule has 0 fully saturated rings. The molecule has 2 nitrogen and oxygen atoms in total. The molecule has 0 unspecified atom stereocenters. The van der Waals surface area contributed by atoms with Crippen molar-refractivity contribution in [2.24, 2.45) is 0 Å². The number of benzene rings is 3. The van der Waals surface area contributed by atoms with E-state index in [9.17, 15) is 0 Å². The van der Waals surface area contributed by atoms with E-state index in [1.165, 1.54) is 11.1 Å². The fraction of sp³-hybridized carbons (Fsp3) is 0.182. The summed E-state index contributed by atoms with van der Waals surface area (Å²) in [5.41, 5.74) is 5.41. The summed E-state index contributed by atoms with van der Waals surface area (Å²) in [5.74, 6) is 0.633. The summed E-state index contributed by atoms with van der Waals surface area (Å²) in [6.07, 6.45) is 0. The van der Waals surface area contributed by atoms with Crippen molar-refractivity contribution in [3.63, 3.8) is 0 Å². The van der Waals surface area contributed by atoms with E-state index in [4.69, 9.17) is 39.5 Å². The Bertz CT molecular complexity index is 939. The Labute approximate surface area is 175 Å². The molecule has 0 aromatic heterocycles. The summed E-state index contributed by atoms with van der Waals surface area (Å²) in [6.45, 7) is 5.11. The molecule has 0 saturated heterocycles. The molecule has 5 heteroatoms. The molecular formula is C22H20Cl3NO. The van der Waals surface area contributed by atoms with Crippen molar-refractivity contribution in [3.8, 4) is 5.75 Å². The molecule has 0 aliphatic rings. The molecule has 0 heterocycles. The van der Waals surface area contributed by atoms with E-state index in [1.54, 1.807) is 6.07 Å². The van der Waals surface area contributed by atoms with Crippen LogP contribution in [-0.4, -0.2) is 0 Å². The molecule has 1 N–H and O–H groups in total. The summed E-state index contributed by atoms with van der Waals surface area (Å²) in [6, 6.07) is 17.4. The summed E-state index contributed by atoms with van der Waals surface area (Å²) in [4.78, 5) is 0. The Kier molecular flexibility index (Phi) is 6.54. The zero-order valence-electron chi connectivity index (χ0n) is 15.2. The van der Waals surface area contributed by atoms with Gasteiger partial charge in [-0.1, -0.05) is 64.6 Å². The smallest absolute Gasteiger partial charge is 0.143 e. The van der Waals surface area contributed by atoms with Crippen molar-refractivity contribution in [2.75, 3.05) is 5.32 Å². The number of aryl methyl sites for hydroxylation is 2. The van der Waals surface area contributed by atoms with Crippen LogP contribution in [0.5, 0.6) is 5.75 Å². The number of rotatable bonds is 6. The summed E-state index contributed by atoms with van der Waals surface area (Å²) >= 11 is 18.5. The summed E-state index contributed by atoms with van der Waals surface area (Å²) in [7, 11) is 0. The normalized spacial score (nSPS) is 10.7. The van der Waals surface area contributed by atoms with Crippen LogP contribution in [0.25, 0.3) is 0 Å². The number of ether oxygens (including phenoxy) is 1. The SMILES string of the molecule is Cc1ccc(NCc2cc(Cl)cc(Cl)c2OCc2ccc(Cl)cc2)c(C)c1. The summed E-state index contributed by atoms with van der Waals surface area (Å²) in [5, 5.41) is 5.21. The summed E-state index contributed by atoms with van der Waals surface area (Å²) < 4.78 is 6.01. The van der Waals surface area contributed by atoms with Gasteiger partial charge in [-0.25, -0.2) is 0 Å². The van der Waals surface area contributed by atoms with Crippen LogP contribution >= 0.6 is 34.8 Å². The first-order valence-electron chi connectivity index (χ1n) is 8.58. The van der Waals surface area contributed by atoms with Gasteiger partial charge in [0.15, 0.2) is 0 Å². The second-order valence-electron chi connectivity index (χ2n) is 6.46. The lowest BCUT2D eigenvalue weighted by atomic mass is 10.1. The van der Waals surface area contributed by atoms with E-state index < -0.39 is 0 Å². The van der Waals surface area contributed by atoms with Gasteiger partial charge < -0.3 is 10.1 Å². The zero-order chi connectivity index (χ0) is 19.4. The molecule has 0 spiro atoms. The van der Waals surface area contributed by atoms with Gasteiger partial charge in [-0.05, 0) is 55.3 Å². The minimum atomic E-state index is 0.398. The number of halogens is 3. The van der Waals surface area contributed by atoms with Gasteiger partial charge in [0, 0.05) is 27.8 Å². The van der Waals surface area contributed by atoms with Crippen LogP contribution in [-0.2, 0) is 13.2 Å². The molecule has 0 radical (unpaired) electrons. The first kappa shape index (κ1) is 19.9. The van der Waals surface area contributed by atoms with E-state index in [0.717, 1.165) is 16.8 Å². The molecule has 0 amide bonds. The van der Waals surface area contributed by atoms with E-state index in [1.807, 2.05) is 30.3 Å². The third-order valence-electron chi connectivity index (χ3n) is 4.23. The zero-order valence-corrected chi connectivity index (χ0v) is 17.4. The van der Waals surface area contributed by atoms with Gasteiger partial charge >= 0.3 is 0 Å². The predicted molar refractivity (Wildman–Crippen MR) is 115 cm³/mol. The largest absolute Gasteiger partial charge is 0.487 e. The molecule has 140 valence electrons. The van der Waals surface area contributed by atoms with Crippen LogP contribution in [0.15, 0.2) is 54.6 Å². The Morgan fingerprint density at radius 3 is 2.30 bits per heavy atom. The average molecular weight is 421 g/mol. The maximum Gasteiger partial charge on any atom is 0.143 e.